The molecular weight excluding hydrogens is 194 g/mol. The van der Waals surface area contributed by atoms with Gasteiger partial charge in [0, 0.05) is 19.1 Å². The van der Waals surface area contributed by atoms with Crippen molar-refractivity contribution in [2.45, 2.75) is 38.3 Å². The summed E-state index contributed by atoms with van der Waals surface area (Å²) in [6.45, 7) is 3.88. The summed E-state index contributed by atoms with van der Waals surface area (Å²) in [6, 6.07) is 0.502. The predicted molar refractivity (Wildman–Crippen MR) is 57.7 cm³/mol. The van der Waals surface area contributed by atoms with E-state index in [9.17, 15) is 4.79 Å². The smallest absolute Gasteiger partial charge is 0.305 e. The fourth-order valence-electron chi connectivity index (χ4n) is 2.04. The zero-order chi connectivity index (χ0) is 11.3. The van der Waals surface area contributed by atoms with Crippen LogP contribution in [0.5, 0.6) is 0 Å². The Labute approximate surface area is 91.5 Å². The lowest BCUT2D eigenvalue weighted by molar-refractivity contribution is -0.140. The van der Waals surface area contributed by atoms with E-state index in [1.54, 1.807) is 0 Å². The quantitative estimate of drug-likeness (QED) is 0.643. The van der Waals surface area contributed by atoms with Gasteiger partial charge in [0.05, 0.1) is 13.2 Å². The van der Waals surface area contributed by atoms with Crippen LogP contribution in [-0.2, 0) is 14.3 Å². The molecule has 4 heteroatoms. The topological polar surface area (TPSA) is 38.8 Å². The molecule has 4 nitrogen and oxygen atoms in total. The first kappa shape index (κ1) is 12.5. The van der Waals surface area contributed by atoms with Crippen molar-refractivity contribution in [1.29, 1.82) is 0 Å². The molecule has 1 rings (SSSR count). The highest BCUT2D eigenvalue weighted by molar-refractivity contribution is 5.69. The number of rotatable bonds is 5. The Balaban J connectivity index is 2.18. The Kier molecular flexibility index (Phi) is 5.05. The summed E-state index contributed by atoms with van der Waals surface area (Å²) in [5.74, 6) is -0.126. The van der Waals surface area contributed by atoms with Gasteiger partial charge in [0.25, 0.3) is 0 Å². The Hall–Kier alpha value is -0.610. The van der Waals surface area contributed by atoms with Crippen LogP contribution in [0.1, 0.15) is 26.2 Å². The Morgan fingerprint density at radius 2 is 2.33 bits per heavy atom. The molecule has 2 atom stereocenters. The molecule has 1 aliphatic heterocycles. The SMILES string of the molecule is COC(=O)CCCN(C)C1CCOC1C. The number of hydrogen-bond acceptors (Lipinski definition) is 4. The van der Waals surface area contributed by atoms with Crippen LogP contribution in [0.15, 0.2) is 0 Å². The molecule has 0 N–H and O–H groups in total. The van der Waals surface area contributed by atoms with Crippen molar-refractivity contribution in [2.75, 3.05) is 27.3 Å². The molecule has 0 aromatic heterocycles. The summed E-state index contributed by atoms with van der Waals surface area (Å²) in [7, 11) is 3.52. The van der Waals surface area contributed by atoms with Gasteiger partial charge in [-0.3, -0.25) is 4.79 Å². The standard InChI is InChI=1S/C11H21NO3/c1-9-10(6-8-15-9)12(2)7-4-5-11(13)14-3/h9-10H,4-8H2,1-3H3. The van der Waals surface area contributed by atoms with Crippen molar-refractivity contribution >= 4 is 5.97 Å². The second-order valence-corrected chi connectivity index (χ2v) is 4.09. The van der Waals surface area contributed by atoms with Gasteiger partial charge < -0.3 is 14.4 Å². The second kappa shape index (κ2) is 6.08. The van der Waals surface area contributed by atoms with Gasteiger partial charge in [-0.25, -0.2) is 0 Å². The van der Waals surface area contributed by atoms with Gasteiger partial charge in [-0.05, 0) is 33.4 Å². The minimum atomic E-state index is -0.126. The predicted octanol–water partition coefficient (Wildman–Crippen LogP) is 1.05. The van der Waals surface area contributed by atoms with Crippen molar-refractivity contribution < 1.29 is 14.3 Å². The fourth-order valence-corrected chi connectivity index (χ4v) is 2.04. The van der Waals surface area contributed by atoms with E-state index in [4.69, 9.17) is 4.74 Å². The van der Waals surface area contributed by atoms with Gasteiger partial charge in [-0.15, -0.1) is 0 Å². The molecule has 1 fully saturated rings. The maximum Gasteiger partial charge on any atom is 0.305 e. The van der Waals surface area contributed by atoms with Crippen LogP contribution in [-0.4, -0.2) is 50.3 Å². The number of carbonyl (C=O) groups is 1. The van der Waals surface area contributed by atoms with Gasteiger partial charge >= 0.3 is 5.97 Å². The second-order valence-electron chi connectivity index (χ2n) is 4.09. The highest BCUT2D eigenvalue weighted by atomic mass is 16.5. The van der Waals surface area contributed by atoms with Crippen molar-refractivity contribution in [3.63, 3.8) is 0 Å². The summed E-state index contributed by atoms with van der Waals surface area (Å²) in [5.41, 5.74) is 0. The largest absolute Gasteiger partial charge is 0.469 e. The molecule has 0 saturated carbocycles. The summed E-state index contributed by atoms with van der Waals surface area (Å²) in [4.78, 5) is 13.2. The number of hydrogen-bond donors (Lipinski definition) is 0. The van der Waals surface area contributed by atoms with Gasteiger partial charge in [0.1, 0.15) is 0 Å². The fraction of sp³-hybridized carbons (Fsp3) is 0.909. The minimum absolute atomic E-state index is 0.126. The molecule has 1 saturated heterocycles. The zero-order valence-electron chi connectivity index (χ0n) is 9.86. The number of likely N-dealkylation sites (N-methyl/N-ethyl adjacent to an activating group) is 1. The number of esters is 1. The average Bonchev–Trinajstić information content (AvgIpc) is 2.64. The highest BCUT2D eigenvalue weighted by Gasteiger charge is 2.27. The molecule has 15 heavy (non-hydrogen) atoms. The average molecular weight is 215 g/mol. The van der Waals surface area contributed by atoms with Crippen LogP contribution in [0.25, 0.3) is 0 Å². The first-order valence-electron chi connectivity index (χ1n) is 5.53. The van der Waals surface area contributed by atoms with E-state index in [-0.39, 0.29) is 5.97 Å². The summed E-state index contributed by atoms with van der Waals surface area (Å²) < 4.78 is 10.1. The van der Waals surface area contributed by atoms with Gasteiger partial charge in [-0.1, -0.05) is 0 Å². The molecule has 0 radical (unpaired) electrons. The number of ether oxygens (including phenoxy) is 2. The van der Waals surface area contributed by atoms with E-state index in [1.807, 2.05) is 0 Å². The van der Waals surface area contributed by atoms with Crippen LogP contribution >= 0.6 is 0 Å². The Morgan fingerprint density at radius 3 is 2.87 bits per heavy atom. The maximum absolute atomic E-state index is 10.9. The molecule has 0 amide bonds. The van der Waals surface area contributed by atoms with Gasteiger partial charge in [0.15, 0.2) is 0 Å². The number of carbonyl (C=O) groups excluding carboxylic acids is 1. The normalized spacial score (nSPS) is 25.9. The first-order valence-corrected chi connectivity index (χ1v) is 5.53. The Bertz CT molecular complexity index is 208. The lowest BCUT2D eigenvalue weighted by Crippen LogP contribution is -2.37. The van der Waals surface area contributed by atoms with Crippen LogP contribution in [0.4, 0.5) is 0 Å². The number of methoxy groups -OCH3 is 1. The maximum atomic E-state index is 10.9. The van der Waals surface area contributed by atoms with Crippen LogP contribution in [0.2, 0.25) is 0 Å². The third kappa shape index (κ3) is 3.80. The molecule has 0 aromatic carbocycles. The third-order valence-corrected chi connectivity index (χ3v) is 3.02. The highest BCUT2D eigenvalue weighted by Crippen LogP contribution is 2.18. The molecule has 0 bridgehead atoms. The summed E-state index contributed by atoms with van der Waals surface area (Å²) in [5, 5.41) is 0. The lowest BCUT2D eigenvalue weighted by Gasteiger charge is -2.26. The monoisotopic (exact) mass is 215 g/mol. The van der Waals surface area contributed by atoms with E-state index in [0.717, 1.165) is 26.0 Å². The molecule has 1 aliphatic rings. The van der Waals surface area contributed by atoms with Crippen LogP contribution in [0, 0.1) is 0 Å². The van der Waals surface area contributed by atoms with Crippen molar-refractivity contribution in [3.8, 4) is 0 Å². The van der Waals surface area contributed by atoms with E-state index >= 15 is 0 Å². The summed E-state index contributed by atoms with van der Waals surface area (Å²) >= 11 is 0. The molecular formula is C11H21NO3. The van der Waals surface area contributed by atoms with E-state index in [2.05, 4.69) is 23.6 Å². The van der Waals surface area contributed by atoms with E-state index in [1.165, 1.54) is 7.11 Å². The minimum Gasteiger partial charge on any atom is -0.469 e. The van der Waals surface area contributed by atoms with Crippen LogP contribution in [0.3, 0.4) is 0 Å². The van der Waals surface area contributed by atoms with Crippen LogP contribution < -0.4 is 0 Å². The third-order valence-electron chi connectivity index (χ3n) is 3.02. The molecule has 88 valence electrons. The zero-order valence-corrected chi connectivity index (χ0v) is 9.86. The summed E-state index contributed by atoms with van der Waals surface area (Å²) in [6.07, 6.45) is 2.76. The van der Waals surface area contributed by atoms with Gasteiger partial charge in [-0.2, -0.15) is 0 Å². The molecule has 0 aliphatic carbocycles. The first-order chi connectivity index (χ1) is 7.15. The van der Waals surface area contributed by atoms with E-state index in [0.29, 0.717) is 18.6 Å². The molecule has 0 spiro atoms. The number of nitrogens with zero attached hydrogens (tertiary/aromatic N) is 1. The lowest BCUT2D eigenvalue weighted by atomic mass is 10.1. The molecule has 1 heterocycles. The molecule has 2 unspecified atom stereocenters. The van der Waals surface area contributed by atoms with Crippen molar-refractivity contribution in [3.05, 3.63) is 0 Å². The molecule has 0 aromatic rings. The Morgan fingerprint density at radius 1 is 1.60 bits per heavy atom. The van der Waals surface area contributed by atoms with E-state index < -0.39 is 0 Å². The van der Waals surface area contributed by atoms with Crippen molar-refractivity contribution in [2.24, 2.45) is 0 Å². The van der Waals surface area contributed by atoms with Gasteiger partial charge in [0.2, 0.25) is 0 Å². The van der Waals surface area contributed by atoms with Crippen molar-refractivity contribution in [1.82, 2.24) is 4.90 Å².